The molecule has 2 unspecified atom stereocenters. The molecule has 0 aliphatic heterocycles. The lowest BCUT2D eigenvalue weighted by molar-refractivity contribution is 0.697. The third-order valence-corrected chi connectivity index (χ3v) is 4.35. The molecule has 1 heterocycles. The minimum Gasteiger partial charge on any atom is -0.357 e. The van der Waals surface area contributed by atoms with Crippen molar-refractivity contribution in [1.82, 2.24) is 20.4 Å². The van der Waals surface area contributed by atoms with E-state index in [1.165, 1.54) is 12.0 Å². The predicted octanol–water partition coefficient (Wildman–Crippen LogP) is 2.28. The van der Waals surface area contributed by atoms with Crippen LogP contribution in [-0.4, -0.2) is 28.8 Å². The average Bonchev–Trinajstić information content (AvgIpc) is 3.25. The molecule has 2 atom stereocenters. The summed E-state index contributed by atoms with van der Waals surface area (Å²) < 4.78 is 1.86. The zero-order valence-corrected chi connectivity index (χ0v) is 13.9. The molecule has 3 rings (SSSR count). The Bertz CT molecular complexity index is 646. The number of nitrogens with zero attached hydrogens (tertiary/aromatic N) is 3. The van der Waals surface area contributed by atoms with E-state index in [0.717, 1.165) is 24.7 Å². The number of aliphatic imine (C=N–C) groups is 1. The summed E-state index contributed by atoms with van der Waals surface area (Å²) in [7, 11) is 1.94. The molecule has 0 saturated heterocycles. The van der Waals surface area contributed by atoms with Gasteiger partial charge in [0.15, 0.2) is 5.96 Å². The predicted molar refractivity (Wildman–Crippen MR) is 93.3 cm³/mol. The molecular formula is C18H25N5. The van der Waals surface area contributed by atoms with Gasteiger partial charge < -0.3 is 10.6 Å². The second-order valence-electron chi connectivity index (χ2n) is 6.04. The molecule has 122 valence electrons. The number of aromatic nitrogens is 2. The average molecular weight is 311 g/mol. The second-order valence-corrected chi connectivity index (χ2v) is 6.04. The number of benzene rings is 1. The maximum absolute atomic E-state index is 4.65. The van der Waals surface area contributed by atoms with Crippen LogP contribution in [0.4, 0.5) is 0 Å². The van der Waals surface area contributed by atoms with E-state index in [9.17, 15) is 0 Å². The normalized spacial score (nSPS) is 20.3. The Hall–Kier alpha value is -2.30. The molecule has 5 heteroatoms. The van der Waals surface area contributed by atoms with Gasteiger partial charge in [-0.3, -0.25) is 4.68 Å². The molecule has 2 N–H and O–H groups in total. The summed E-state index contributed by atoms with van der Waals surface area (Å²) in [5.41, 5.74) is 2.56. The lowest BCUT2D eigenvalue weighted by Gasteiger charge is -2.11. The van der Waals surface area contributed by atoms with Gasteiger partial charge in [-0.05, 0) is 36.8 Å². The van der Waals surface area contributed by atoms with Crippen molar-refractivity contribution in [3.05, 3.63) is 53.9 Å². The van der Waals surface area contributed by atoms with E-state index in [-0.39, 0.29) is 0 Å². The molecule has 5 nitrogen and oxygen atoms in total. The molecule has 1 aromatic heterocycles. The molecule has 1 aliphatic rings. The highest BCUT2D eigenvalue weighted by molar-refractivity contribution is 5.79. The van der Waals surface area contributed by atoms with E-state index in [1.807, 2.05) is 17.8 Å². The van der Waals surface area contributed by atoms with Crippen LogP contribution in [0.5, 0.6) is 0 Å². The van der Waals surface area contributed by atoms with Crippen molar-refractivity contribution in [3.8, 4) is 0 Å². The van der Waals surface area contributed by atoms with Crippen LogP contribution < -0.4 is 10.6 Å². The Morgan fingerprint density at radius 2 is 2.09 bits per heavy atom. The van der Waals surface area contributed by atoms with Gasteiger partial charge in [0, 0.05) is 26.3 Å². The summed E-state index contributed by atoms with van der Waals surface area (Å²) in [6.07, 6.45) is 3.07. The molecule has 1 aliphatic carbocycles. The van der Waals surface area contributed by atoms with Crippen LogP contribution in [-0.2, 0) is 13.6 Å². The third kappa shape index (κ3) is 4.12. The van der Waals surface area contributed by atoms with Crippen LogP contribution in [0.3, 0.4) is 0 Å². The minimum atomic E-state index is 0.638. The summed E-state index contributed by atoms with van der Waals surface area (Å²) in [4.78, 5) is 4.65. The highest BCUT2D eigenvalue weighted by Gasteiger charge is 2.37. The van der Waals surface area contributed by atoms with Gasteiger partial charge in [0.2, 0.25) is 0 Å². The number of rotatable bonds is 6. The standard InChI is InChI=1S/C18H25N5/c1-3-19-18(21-13-16-9-10-22-23(16)2)20-12-15-11-17(15)14-7-5-4-6-8-14/h4-10,15,17H,3,11-13H2,1-2H3,(H2,19,20,21). The van der Waals surface area contributed by atoms with Crippen LogP contribution in [0.2, 0.25) is 0 Å². The van der Waals surface area contributed by atoms with Crippen molar-refractivity contribution in [2.24, 2.45) is 18.0 Å². The van der Waals surface area contributed by atoms with Crippen LogP contribution in [0.25, 0.3) is 0 Å². The number of hydrogen-bond donors (Lipinski definition) is 2. The van der Waals surface area contributed by atoms with Gasteiger partial charge in [-0.2, -0.15) is 5.10 Å². The maximum atomic E-state index is 4.65. The van der Waals surface area contributed by atoms with Gasteiger partial charge in [0.1, 0.15) is 0 Å². The Balaban J connectivity index is 1.51. The largest absolute Gasteiger partial charge is 0.357 e. The minimum absolute atomic E-state index is 0.638. The summed E-state index contributed by atoms with van der Waals surface area (Å²) in [6.45, 7) is 4.56. The first kappa shape index (κ1) is 15.6. The van der Waals surface area contributed by atoms with Gasteiger partial charge in [-0.25, -0.2) is 4.99 Å². The van der Waals surface area contributed by atoms with Gasteiger partial charge in [0.05, 0.1) is 12.2 Å². The molecule has 0 bridgehead atoms. The Labute approximate surface area is 137 Å². The molecule has 2 aromatic rings. The van der Waals surface area contributed by atoms with Gasteiger partial charge in [-0.1, -0.05) is 30.3 Å². The highest BCUT2D eigenvalue weighted by atomic mass is 15.3. The third-order valence-electron chi connectivity index (χ3n) is 4.35. The molecular weight excluding hydrogens is 286 g/mol. The van der Waals surface area contributed by atoms with E-state index >= 15 is 0 Å². The zero-order chi connectivity index (χ0) is 16.1. The molecule has 23 heavy (non-hydrogen) atoms. The van der Waals surface area contributed by atoms with Crippen LogP contribution in [0, 0.1) is 5.92 Å². The lowest BCUT2D eigenvalue weighted by Crippen LogP contribution is -2.38. The first-order valence-corrected chi connectivity index (χ1v) is 8.32. The second kappa shape index (κ2) is 7.31. The fraction of sp³-hybridized carbons (Fsp3) is 0.444. The van der Waals surface area contributed by atoms with E-state index < -0.39 is 0 Å². The topological polar surface area (TPSA) is 54.2 Å². The summed E-state index contributed by atoms with van der Waals surface area (Å²) in [5, 5.41) is 11.0. The molecule has 0 spiro atoms. The number of guanidine groups is 1. The SMILES string of the molecule is CCNC(=NCc1ccnn1C)NCC1CC1c1ccccc1. The van der Waals surface area contributed by atoms with Crippen molar-refractivity contribution < 1.29 is 0 Å². The van der Waals surface area contributed by atoms with Gasteiger partial charge in [0.25, 0.3) is 0 Å². The fourth-order valence-electron chi connectivity index (χ4n) is 2.87. The number of nitrogens with one attached hydrogen (secondary N) is 2. The quantitative estimate of drug-likeness (QED) is 0.636. The molecule has 0 radical (unpaired) electrons. The Kier molecular flexibility index (Phi) is 4.95. The highest BCUT2D eigenvalue weighted by Crippen LogP contribution is 2.46. The summed E-state index contributed by atoms with van der Waals surface area (Å²) in [5.74, 6) is 2.29. The Morgan fingerprint density at radius 3 is 2.78 bits per heavy atom. The maximum Gasteiger partial charge on any atom is 0.191 e. The molecule has 1 aromatic carbocycles. The van der Waals surface area contributed by atoms with Gasteiger partial charge >= 0.3 is 0 Å². The van der Waals surface area contributed by atoms with E-state index in [0.29, 0.717) is 18.4 Å². The van der Waals surface area contributed by atoms with Gasteiger partial charge in [-0.15, -0.1) is 0 Å². The first-order chi connectivity index (χ1) is 11.3. The smallest absolute Gasteiger partial charge is 0.191 e. The van der Waals surface area contributed by atoms with Crippen molar-refractivity contribution in [3.63, 3.8) is 0 Å². The number of hydrogen-bond acceptors (Lipinski definition) is 2. The van der Waals surface area contributed by atoms with Crippen LogP contribution >= 0.6 is 0 Å². The van der Waals surface area contributed by atoms with Crippen molar-refractivity contribution in [2.75, 3.05) is 13.1 Å². The lowest BCUT2D eigenvalue weighted by atomic mass is 10.1. The fourth-order valence-corrected chi connectivity index (χ4v) is 2.87. The zero-order valence-electron chi connectivity index (χ0n) is 13.9. The van der Waals surface area contributed by atoms with E-state index in [2.05, 4.69) is 58.0 Å². The summed E-state index contributed by atoms with van der Waals surface area (Å²) in [6, 6.07) is 12.8. The molecule has 1 fully saturated rings. The van der Waals surface area contributed by atoms with Crippen molar-refractivity contribution in [1.29, 1.82) is 0 Å². The molecule has 0 amide bonds. The van der Waals surface area contributed by atoms with Crippen molar-refractivity contribution >= 4 is 5.96 Å². The van der Waals surface area contributed by atoms with E-state index in [4.69, 9.17) is 0 Å². The first-order valence-electron chi connectivity index (χ1n) is 8.32. The monoisotopic (exact) mass is 311 g/mol. The Morgan fingerprint density at radius 1 is 1.26 bits per heavy atom. The van der Waals surface area contributed by atoms with Crippen LogP contribution in [0.1, 0.15) is 30.5 Å². The summed E-state index contributed by atoms with van der Waals surface area (Å²) >= 11 is 0. The molecule has 1 saturated carbocycles. The van der Waals surface area contributed by atoms with E-state index in [1.54, 1.807) is 6.20 Å². The van der Waals surface area contributed by atoms with Crippen molar-refractivity contribution in [2.45, 2.75) is 25.8 Å². The van der Waals surface area contributed by atoms with Crippen LogP contribution in [0.15, 0.2) is 47.6 Å². The number of aryl methyl sites for hydroxylation is 1.